The van der Waals surface area contributed by atoms with E-state index in [0.717, 1.165) is 0 Å². The van der Waals surface area contributed by atoms with Gasteiger partial charge < -0.3 is 5.32 Å². The number of hydrogen-bond acceptors (Lipinski definition) is 1. The summed E-state index contributed by atoms with van der Waals surface area (Å²) in [5, 5.41) is 2.39. The Bertz CT molecular complexity index is 90.9. The summed E-state index contributed by atoms with van der Waals surface area (Å²) in [6, 6.07) is 0. The van der Waals surface area contributed by atoms with Crippen LogP contribution in [0.5, 0.6) is 0 Å². The van der Waals surface area contributed by atoms with E-state index in [2.05, 4.69) is 5.32 Å². The van der Waals surface area contributed by atoms with E-state index in [-0.39, 0.29) is 30.7 Å². The molecule has 1 heterocycles. The summed E-state index contributed by atoms with van der Waals surface area (Å²) in [5.41, 5.74) is 0. The van der Waals surface area contributed by atoms with Crippen molar-refractivity contribution in [1.29, 1.82) is 0 Å². The number of halogens is 2. The van der Waals surface area contributed by atoms with Gasteiger partial charge in [-0.1, -0.05) is 0 Å². The lowest BCUT2D eigenvalue weighted by molar-refractivity contribution is -0.117. The largest absolute Gasteiger partial charge is 0.329 e. The molecule has 2 nitrogen and oxygen atoms in total. The molecule has 0 bridgehead atoms. The van der Waals surface area contributed by atoms with Crippen LogP contribution in [0.4, 0.5) is 0 Å². The molecule has 0 saturated carbocycles. The first-order chi connectivity index (χ1) is 2.39. The maximum atomic E-state index is 9.70. The molecule has 0 radical (unpaired) electrons. The van der Waals surface area contributed by atoms with Crippen LogP contribution in [0, 0.1) is 0 Å². The van der Waals surface area contributed by atoms with Crippen LogP contribution in [0.1, 0.15) is 0 Å². The van der Waals surface area contributed by atoms with Crippen LogP contribution < -0.4 is 5.32 Å². The van der Waals surface area contributed by atoms with Gasteiger partial charge in [0.15, 0.2) is 0 Å². The summed E-state index contributed by atoms with van der Waals surface area (Å²) in [4.78, 5) is 9.70. The van der Waals surface area contributed by atoms with Crippen LogP contribution in [0.2, 0.25) is 0 Å². The van der Waals surface area contributed by atoms with Gasteiger partial charge in [-0.05, 0) is 0 Å². The lowest BCUT2D eigenvalue weighted by atomic mass is 10.4. The highest BCUT2D eigenvalue weighted by molar-refractivity contribution is 5.93. The van der Waals surface area contributed by atoms with Crippen molar-refractivity contribution in [1.82, 2.24) is 5.32 Å². The Balaban J connectivity index is 0. The summed E-state index contributed by atoms with van der Waals surface area (Å²) < 4.78 is 0. The molecule has 1 aliphatic rings. The van der Waals surface area contributed by atoms with E-state index >= 15 is 0 Å². The Morgan fingerprint density at radius 2 is 1.71 bits per heavy atom. The Labute approximate surface area is 53.8 Å². The van der Waals surface area contributed by atoms with Crippen molar-refractivity contribution in [2.24, 2.45) is 0 Å². The monoisotopic (exact) mass is 141 g/mol. The third-order valence-corrected chi connectivity index (χ3v) is 0.460. The lowest BCUT2D eigenvalue weighted by Gasteiger charge is -1.97. The zero-order valence-corrected chi connectivity index (χ0v) is 5.01. The summed E-state index contributed by atoms with van der Waals surface area (Å²) >= 11 is 0. The van der Waals surface area contributed by atoms with Crippen LogP contribution in [0.25, 0.3) is 0 Å². The average Bonchev–Trinajstić information content (AvgIpc) is 1.30. The molecule has 4 heteroatoms. The predicted molar refractivity (Wildman–Crippen MR) is 31.8 cm³/mol. The maximum absolute atomic E-state index is 9.70. The highest BCUT2D eigenvalue weighted by Gasteiger charge is 1.95. The van der Waals surface area contributed by atoms with Crippen molar-refractivity contribution < 1.29 is 4.79 Å². The minimum absolute atomic E-state index is 0. The molecule has 42 valence electrons. The maximum Gasteiger partial charge on any atom is 0.249 e. The Kier molecular flexibility index (Phi) is 5.62. The van der Waals surface area contributed by atoms with Gasteiger partial charge in [-0.25, -0.2) is 0 Å². The van der Waals surface area contributed by atoms with Crippen LogP contribution in [0.3, 0.4) is 0 Å². The highest BCUT2D eigenvalue weighted by Crippen LogP contribution is 1.78. The lowest BCUT2D eigenvalue weighted by Crippen LogP contribution is -2.22. The molecule has 1 amide bonds. The average molecular weight is 142 g/mol. The van der Waals surface area contributed by atoms with E-state index in [1.54, 1.807) is 6.20 Å². The SMILES string of the molecule is Cl.Cl.O=C1C=CN1. The summed E-state index contributed by atoms with van der Waals surface area (Å²) in [5.74, 6) is 0.00463. The topological polar surface area (TPSA) is 29.1 Å². The number of amides is 1. The van der Waals surface area contributed by atoms with Crippen LogP contribution in [-0.4, -0.2) is 5.91 Å². The fourth-order valence-electron chi connectivity index (χ4n) is 0.151. The second-order valence-corrected chi connectivity index (χ2v) is 0.842. The second-order valence-electron chi connectivity index (χ2n) is 0.842. The predicted octanol–water partition coefficient (Wildman–Crippen LogP) is 0.473. The number of carbonyl (C=O) groups excluding carboxylic acids is 1. The Morgan fingerprint density at radius 1 is 1.43 bits per heavy atom. The van der Waals surface area contributed by atoms with E-state index in [9.17, 15) is 4.79 Å². The number of hydrogen-bond donors (Lipinski definition) is 1. The van der Waals surface area contributed by atoms with Crippen LogP contribution in [0.15, 0.2) is 12.3 Å². The number of carbonyl (C=O) groups is 1. The molecule has 0 aromatic carbocycles. The third kappa shape index (κ3) is 2.48. The molecule has 0 unspecified atom stereocenters. The van der Waals surface area contributed by atoms with Gasteiger partial charge >= 0.3 is 0 Å². The normalized spacial score (nSPS) is 12.3. The van der Waals surface area contributed by atoms with Crippen molar-refractivity contribution in [3.05, 3.63) is 12.3 Å². The van der Waals surface area contributed by atoms with E-state index < -0.39 is 0 Å². The molecule has 1 aliphatic heterocycles. The van der Waals surface area contributed by atoms with Gasteiger partial charge in [-0.3, -0.25) is 4.79 Å². The first-order valence-corrected chi connectivity index (χ1v) is 1.36. The van der Waals surface area contributed by atoms with Crippen LogP contribution in [-0.2, 0) is 4.79 Å². The molecule has 0 aromatic heterocycles. The van der Waals surface area contributed by atoms with Crippen molar-refractivity contribution in [3.8, 4) is 0 Å². The molecule has 0 fully saturated rings. The minimum Gasteiger partial charge on any atom is -0.329 e. The zero-order valence-electron chi connectivity index (χ0n) is 3.38. The molecule has 0 atom stereocenters. The van der Waals surface area contributed by atoms with Crippen molar-refractivity contribution in [2.45, 2.75) is 0 Å². The molecule has 0 saturated heterocycles. The van der Waals surface area contributed by atoms with Gasteiger partial charge in [0.2, 0.25) is 5.91 Å². The molecule has 0 aromatic rings. The fraction of sp³-hybridized carbons (Fsp3) is 0. The molecule has 7 heavy (non-hydrogen) atoms. The zero-order chi connectivity index (χ0) is 3.70. The highest BCUT2D eigenvalue weighted by atomic mass is 35.5. The molecular weight excluding hydrogens is 137 g/mol. The second kappa shape index (κ2) is 3.96. The van der Waals surface area contributed by atoms with E-state index in [1.807, 2.05) is 0 Å². The molecule has 1 rings (SSSR count). The smallest absolute Gasteiger partial charge is 0.249 e. The number of rotatable bonds is 0. The Morgan fingerprint density at radius 3 is 1.71 bits per heavy atom. The summed E-state index contributed by atoms with van der Waals surface area (Å²) in [6.07, 6.45) is 3.07. The van der Waals surface area contributed by atoms with Gasteiger partial charge in [0.1, 0.15) is 0 Å². The van der Waals surface area contributed by atoms with Gasteiger partial charge in [0.05, 0.1) is 0 Å². The van der Waals surface area contributed by atoms with Gasteiger partial charge in [-0.15, -0.1) is 24.8 Å². The molecule has 1 N–H and O–H groups in total. The fourth-order valence-corrected chi connectivity index (χ4v) is 0.151. The van der Waals surface area contributed by atoms with Gasteiger partial charge in [0, 0.05) is 12.3 Å². The van der Waals surface area contributed by atoms with Crippen molar-refractivity contribution >= 4 is 30.7 Å². The van der Waals surface area contributed by atoms with Crippen molar-refractivity contribution in [3.63, 3.8) is 0 Å². The molecule has 0 aliphatic carbocycles. The first-order valence-electron chi connectivity index (χ1n) is 1.36. The van der Waals surface area contributed by atoms with Crippen LogP contribution >= 0.6 is 24.8 Å². The summed E-state index contributed by atoms with van der Waals surface area (Å²) in [6.45, 7) is 0. The molecular formula is C3H5Cl2NO. The van der Waals surface area contributed by atoms with E-state index in [4.69, 9.17) is 0 Å². The minimum atomic E-state index is 0. The Hall–Kier alpha value is -0.210. The van der Waals surface area contributed by atoms with E-state index in [0.29, 0.717) is 0 Å². The summed E-state index contributed by atoms with van der Waals surface area (Å²) in [7, 11) is 0. The third-order valence-electron chi connectivity index (χ3n) is 0.460. The standard InChI is InChI=1S/C3H3NO.2ClH/c5-3-1-2-4-3;;/h1-2H,(H,4,5);2*1H. The first kappa shape index (κ1) is 9.92. The number of nitrogens with one attached hydrogen (secondary N) is 1. The van der Waals surface area contributed by atoms with Gasteiger partial charge in [-0.2, -0.15) is 0 Å². The quantitative estimate of drug-likeness (QED) is 0.523. The van der Waals surface area contributed by atoms with E-state index in [1.165, 1.54) is 6.08 Å². The van der Waals surface area contributed by atoms with Crippen molar-refractivity contribution in [2.75, 3.05) is 0 Å². The molecule has 0 spiro atoms. The van der Waals surface area contributed by atoms with Gasteiger partial charge in [0.25, 0.3) is 0 Å².